The molecule has 168 valence electrons. The zero-order chi connectivity index (χ0) is 22.2. The lowest BCUT2D eigenvalue weighted by Crippen LogP contribution is -2.39. The predicted octanol–water partition coefficient (Wildman–Crippen LogP) is 4.48. The number of fused-ring (bicyclic) bond motifs is 1. The van der Waals surface area contributed by atoms with Crippen LogP contribution in [-0.2, 0) is 26.2 Å². The molecule has 1 amide bonds. The van der Waals surface area contributed by atoms with Crippen LogP contribution in [0.5, 0.6) is 0 Å². The quantitative estimate of drug-likeness (QED) is 0.644. The first kappa shape index (κ1) is 22.2. The molecule has 5 nitrogen and oxygen atoms in total. The predicted molar refractivity (Wildman–Crippen MR) is 115 cm³/mol. The second kappa shape index (κ2) is 8.86. The maximum Gasteiger partial charge on any atom is 0.416 e. The van der Waals surface area contributed by atoms with E-state index < -0.39 is 11.7 Å². The van der Waals surface area contributed by atoms with Crippen LogP contribution in [0.15, 0.2) is 24.3 Å². The number of benzene rings is 1. The summed E-state index contributed by atoms with van der Waals surface area (Å²) in [5.74, 6) is -0.308. The topological polar surface area (TPSA) is 41.4 Å². The largest absolute Gasteiger partial charge is 0.416 e. The van der Waals surface area contributed by atoms with E-state index in [4.69, 9.17) is 0 Å². The van der Waals surface area contributed by atoms with Crippen LogP contribution < -0.4 is 0 Å². The molecule has 1 saturated heterocycles. The molecular formula is C22H27F3N4OS. The van der Waals surface area contributed by atoms with E-state index in [0.717, 1.165) is 36.7 Å². The Kier molecular flexibility index (Phi) is 6.35. The summed E-state index contributed by atoms with van der Waals surface area (Å²) in [4.78, 5) is 15.1. The normalized spacial score (nSPS) is 18.7. The van der Waals surface area contributed by atoms with Gasteiger partial charge in [-0.1, -0.05) is 30.1 Å². The summed E-state index contributed by atoms with van der Waals surface area (Å²) >= 11 is 1.67. The summed E-state index contributed by atoms with van der Waals surface area (Å²) in [6.07, 6.45) is 0.616. The van der Waals surface area contributed by atoms with Gasteiger partial charge in [0, 0.05) is 44.5 Å². The summed E-state index contributed by atoms with van der Waals surface area (Å²) in [5.41, 5.74) is 2.36. The zero-order valence-corrected chi connectivity index (χ0v) is 18.6. The number of hydrogen-bond acceptors (Lipinski definition) is 4. The maximum atomic E-state index is 13.4. The molecular weight excluding hydrogens is 425 g/mol. The SMILES string of the molecule is CSN1CCCc2c(c(C(=O)N3CCC(c4ccccc4C(F)(F)F)CC3)nn2C)C1. The van der Waals surface area contributed by atoms with Crippen molar-refractivity contribution in [1.82, 2.24) is 19.0 Å². The number of amides is 1. The Morgan fingerprint density at radius 3 is 2.55 bits per heavy atom. The van der Waals surface area contributed by atoms with Crippen molar-refractivity contribution in [3.8, 4) is 0 Å². The number of rotatable bonds is 3. The smallest absolute Gasteiger partial charge is 0.337 e. The average molecular weight is 453 g/mol. The molecule has 1 aromatic heterocycles. The molecule has 0 radical (unpaired) electrons. The number of halogens is 3. The summed E-state index contributed by atoms with van der Waals surface area (Å²) in [7, 11) is 1.88. The van der Waals surface area contributed by atoms with Gasteiger partial charge in [-0.05, 0) is 49.5 Å². The minimum absolute atomic E-state index is 0.109. The molecule has 1 aromatic carbocycles. The Bertz CT molecular complexity index is 951. The van der Waals surface area contributed by atoms with Crippen molar-refractivity contribution in [1.29, 1.82) is 0 Å². The standard InChI is InChI=1S/C22H27F3N4OS/c1-27-19-8-5-11-29(31-2)14-17(19)20(26-27)21(30)28-12-9-15(10-13-28)16-6-3-4-7-18(16)22(23,24)25/h3-4,6-7,15H,5,8-14H2,1-2H3. The molecule has 0 spiro atoms. The van der Waals surface area contributed by atoms with E-state index in [-0.39, 0.29) is 11.8 Å². The fourth-order valence-corrected chi connectivity index (χ4v) is 5.31. The van der Waals surface area contributed by atoms with Gasteiger partial charge in [-0.2, -0.15) is 18.3 Å². The van der Waals surface area contributed by atoms with Crippen molar-refractivity contribution in [2.45, 2.75) is 44.3 Å². The van der Waals surface area contributed by atoms with E-state index in [0.29, 0.717) is 43.7 Å². The van der Waals surface area contributed by atoms with Crippen molar-refractivity contribution in [2.75, 3.05) is 25.9 Å². The van der Waals surface area contributed by atoms with E-state index in [2.05, 4.69) is 9.40 Å². The third-order valence-corrected chi connectivity index (χ3v) is 7.21. The van der Waals surface area contributed by atoms with Gasteiger partial charge in [0.25, 0.3) is 5.91 Å². The summed E-state index contributed by atoms with van der Waals surface area (Å²) in [6, 6.07) is 5.80. The highest BCUT2D eigenvalue weighted by Crippen LogP contribution is 2.39. The van der Waals surface area contributed by atoms with E-state index >= 15 is 0 Å². The number of aryl methyl sites for hydroxylation is 1. The molecule has 4 rings (SSSR count). The van der Waals surface area contributed by atoms with E-state index in [9.17, 15) is 18.0 Å². The lowest BCUT2D eigenvalue weighted by molar-refractivity contribution is -0.138. The van der Waals surface area contributed by atoms with Gasteiger partial charge in [-0.3, -0.25) is 9.48 Å². The van der Waals surface area contributed by atoms with Gasteiger partial charge >= 0.3 is 6.18 Å². The van der Waals surface area contributed by atoms with Gasteiger partial charge in [0.2, 0.25) is 0 Å². The van der Waals surface area contributed by atoms with Crippen LogP contribution in [0.1, 0.15) is 58.1 Å². The van der Waals surface area contributed by atoms with Gasteiger partial charge in [0.15, 0.2) is 5.69 Å². The second-order valence-electron chi connectivity index (χ2n) is 8.20. The highest BCUT2D eigenvalue weighted by Gasteiger charge is 2.37. The molecule has 1 fully saturated rings. The first-order valence-electron chi connectivity index (χ1n) is 10.6. The van der Waals surface area contributed by atoms with Gasteiger partial charge in [-0.25, -0.2) is 4.31 Å². The summed E-state index contributed by atoms with van der Waals surface area (Å²) in [5, 5.41) is 4.54. The monoisotopic (exact) mass is 452 g/mol. The van der Waals surface area contributed by atoms with Gasteiger partial charge in [0.05, 0.1) is 5.56 Å². The van der Waals surface area contributed by atoms with Crippen molar-refractivity contribution in [2.24, 2.45) is 7.05 Å². The molecule has 2 aliphatic rings. The Hall–Kier alpha value is -2.00. The Balaban J connectivity index is 1.50. The number of alkyl halides is 3. The highest BCUT2D eigenvalue weighted by atomic mass is 32.2. The fourth-order valence-electron chi connectivity index (χ4n) is 4.74. The number of carbonyl (C=O) groups is 1. The third kappa shape index (κ3) is 4.48. The van der Waals surface area contributed by atoms with E-state index in [1.54, 1.807) is 29.0 Å². The van der Waals surface area contributed by atoms with Crippen molar-refractivity contribution in [3.05, 3.63) is 52.3 Å². The maximum absolute atomic E-state index is 13.4. The molecule has 0 unspecified atom stereocenters. The molecule has 3 heterocycles. The van der Waals surface area contributed by atoms with Crippen LogP contribution in [0.3, 0.4) is 0 Å². The molecule has 2 aromatic rings. The molecule has 0 saturated carbocycles. The van der Waals surface area contributed by atoms with Crippen molar-refractivity contribution >= 4 is 17.9 Å². The molecule has 0 atom stereocenters. The van der Waals surface area contributed by atoms with Crippen LogP contribution in [-0.4, -0.2) is 50.8 Å². The summed E-state index contributed by atoms with van der Waals surface area (Å²) in [6.45, 7) is 2.52. The first-order valence-corrected chi connectivity index (χ1v) is 11.8. The minimum atomic E-state index is -4.36. The Morgan fingerprint density at radius 2 is 1.87 bits per heavy atom. The number of hydrogen-bond donors (Lipinski definition) is 0. The number of carbonyl (C=O) groups excluding carboxylic acids is 1. The van der Waals surface area contributed by atoms with Gasteiger partial charge < -0.3 is 4.90 Å². The van der Waals surface area contributed by atoms with Crippen LogP contribution >= 0.6 is 11.9 Å². The lowest BCUT2D eigenvalue weighted by Gasteiger charge is -2.33. The number of piperidine rings is 1. The molecule has 2 aliphatic heterocycles. The third-order valence-electron chi connectivity index (χ3n) is 6.38. The van der Waals surface area contributed by atoms with Crippen LogP contribution in [0.25, 0.3) is 0 Å². The second-order valence-corrected chi connectivity index (χ2v) is 9.08. The number of nitrogens with zero attached hydrogens (tertiary/aromatic N) is 4. The lowest BCUT2D eigenvalue weighted by atomic mass is 9.86. The van der Waals surface area contributed by atoms with Gasteiger partial charge in [-0.15, -0.1) is 0 Å². The first-order chi connectivity index (χ1) is 14.8. The van der Waals surface area contributed by atoms with Gasteiger partial charge in [0.1, 0.15) is 0 Å². The van der Waals surface area contributed by atoms with Crippen molar-refractivity contribution < 1.29 is 18.0 Å². The molecule has 0 N–H and O–H groups in total. The number of likely N-dealkylation sites (tertiary alicyclic amines) is 1. The average Bonchev–Trinajstić information content (AvgIpc) is 2.93. The van der Waals surface area contributed by atoms with Crippen LogP contribution in [0, 0.1) is 0 Å². The van der Waals surface area contributed by atoms with Crippen molar-refractivity contribution in [3.63, 3.8) is 0 Å². The Labute approximate surface area is 184 Å². The fraction of sp³-hybridized carbons (Fsp3) is 0.545. The Morgan fingerprint density at radius 1 is 1.16 bits per heavy atom. The van der Waals surface area contributed by atoms with E-state index in [1.807, 2.05) is 18.0 Å². The minimum Gasteiger partial charge on any atom is -0.337 e. The molecule has 0 bridgehead atoms. The van der Waals surface area contributed by atoms with E-state index in [1.165, 1.54) is 6.07 Å². The van der Waals surface area contributed by atoms with Crippen LogP contribution in [0.2, 0.25) is 0 Å². The zero-order valence-electron chi connectivity index (χ0n) is 17.8. The highest BCUT2D eigenvalue weighted by molar-refractivity contribution is 7.96. The molecule has 31 heavy (non-hydrogen) atoms. The summed E-state index contributed by atoms with van der Waals surface area (Å²) < 4.78 is 44.3. The molecule has 0 aliphatic carbocycles. The number of aromatic nitrogens is 2. The molecule has 9 heteroatoms. The van der Waals surface area contributed by atoms with Crippen LogP contribution in [0.4, 0.5) is 13.2 Å².